The van der Waals surface area contributed by atoms with Crippen molar-refractivity contribution >= 4 is 11.3 Å². The van der Waals surface area contributed by atoms with E-state index in [0.717, 1.165) is 43.3 Å². The van der Waals surface area contributed by atoms with Crippen molar-refractivity contribution < 1.29 is 8.81 Å². The van der Waals surface area contributed by atoms with Crippen LogP contribution in [0.3, 0.4) is 0 Å². The van der Waals surface area contributed by atoms with E-state index in [1.807, 2.05) is 17.8 Å². The molecule has 3 heterocycles. The van der Waals surface area contributed by atoms with Crippen LogP contribution in [0.2, 0.25) is 0 Å². The van der Waals surface area contributed by atoms with Gasteiger partial charge in [0.1, 0.15) is 11.6 Å². The first-order chi connectivity index (χ1) is 11.8. The van der Waals surface area contributed by atoms with Crippen LogP contribution in [0.15, 0.2) is 46.6 Å². The quantitative estimate of drug-likeness (QED) is 0.706. The van der Waals surface area contributed by atoms with E-state index in [-0.39, 0.29) is 5.82 Å². The molecule has 3 aromatic rings. The summed E-state index contributed by atoms with van der Waals surface area (Å²) in [6.07, 6.45) is 5.33. The summed E-state index contributed by atoms with van der Waals surface area (Å²) in [5.41, 5.74) is 2.77. The molecule has 1 aromatic carbocycles. The van der Waals surface area contributed by atoms with Gasteiger partial charge in [-0.2, -0.15) is 0 Å². The fraction of sp³-hybridized carbons (Fsp3) is 0.333. The second-order valence-electron chi connectivity index (χ2n) is 6.16. The SMILES string of the molecule is Fc1cccc(Cc2cnc(C3CCN(Cc4cncs4)C3)o2)c1. The topological polar surface area (TPSA) is 42.2 Å². The Morgan fingerprint density at radius 3 is 3.12 bits per heavy atom. The van der Waals surface area contributed by atoms with Crippen LogP contribution in [0.1, 0.15) is 34.4 Å². The minimum Gasteiger partial charge on any atom is -0.445 e. The lowest BCUT2D eigenvalue weighted by atomic mass is 10.1. The first-order valence-corrected chi connectivity index (χ1v) is 8.93. The maximum Gasteiger partial charge on any atom is 0.198 e. The van der Waals surface area contributed by atoms with Crippen LogP contribution < -0.4 is 0 Å². The fourth-order valence-corrected chi connectivity index (χ4v) is 3.80. The summed E-state index contributed by atoms with van der Waals surface area (Å²) < 4.78 is 19.2. The van der Waals surface area contributed by atoms with E-state index >= 15 is 0 Å². The van der Waals surface area contributed by atoms with E-state index in [9.17, 15) is 4.39 Å². The second kappa shape index (κ2) is 6.83. The van der Waals surface area contributed by atoms with Crippen LogP contribution in [0.4, 0.5) is 4.39 Å². The van der Waals surface area contributed by atoms with E-state index < -0.39 is 0 Å². The number of rotatable bonds is 5. The van der Waals surface area contributed by atoms with Crippen LogP contribution in [-0.2, 0) is 13.0 Å². The highest BCUT2D eigenvalue weighted by Gasteiger charge is 2.27. The van der Waals surface area contributed by atoms with Crippen LogP contribution in [0, 0.1) is 5.82 Å². The van der Waals surface area contributed by atoms with Crippen molar-refractivity contribution in [3.05, 3.63) is 70.1 Å². The molecule has 4 rings (SSSR count). The lowest BCUT2D eigenvalue weighted by Crippen LogP contribution is -2.19. The zero-order chi connectivity index (χ0) is 16.4. The molecule has 1 saturated heterocycles. The van der Waals surface area contributed by atoms with Crippen LogP contribution in [-0.4, -0.2) is 28.0 Å². The zero-order valence-electron chi connectivity index (χ0n) is 13.2. The Kier molecular flexibility index (Phi) is 4.40. The van der Waals surface area contributed by atoms with Gasteiger partial charge in [0.2, 0.25) is 0 Å². The summed E-state index contributed by atoms with van der Waals surface area (Å²) in [7, 11) is 0. The van der Waals surface area contributed by atoms with Gasteiger partial charge in [-0.25, -0.2) is 9.37 Å². The molecule has 6 heteroatoms. The van der Waals surface area contributed by atoms with Gasteiger partial charge in [-0.15, -0.1) is 11.3 Å². The molecule has 0 bridgehead atoms. The van der Waals surface area contributed by atoms with E-state index in [1.165, 1.54) is 17.0 Å². The van der Waals surface area contributed by atoms with Crippen molar-refractivity contribution in [2.45, 2.75) is 25.3 Å². The van der Waals surface area contributed by atoms with Gasteiger partial charge in [-0.05, 0) is 30.7 Å². The Labute approximate surface area is 144 Å². The highest BCUT2D eigenvalue weighted by Crippen LogP contribution is 2.28. The summed E-state index contributed by atoms with van der Waals surface area (Å²) in [5, 5.41) is 0. The Bertz CT molecular complexity index is 802. The van der Waals surface area contributed by atoms with Gasteiger partial charge in [-0.3, -0.25) is 9.88 Å². The molecule has 0 saturated carbocycles. The first kappa shape index (κ1) is 15.5. The number of likely N-dealkylation sites (tertiary alicyclic amines) is 1. The van der Waals surface area contributed by atoms with Gasteiger partial charge in [0, 0.05) is 36.5 Å². The molecule has 24 heavy (non-hydrogen) atoms. The smallest absolute Gasteiger partial charge is 0.198 e. The number of aromatic nitrogens is 2. The largest absolute Gasteiger partial charge is 0.445 e. The fourth-order valence-electron chi connectivity index (χ4n) is 3.16. The van der Waals surface area contributed by atoms with Crippen LogP contribution in [0.5, 0.6) is 0 Å². The van der Waals surface area contributed by atoms with E-state index in [4.69, 9.17) is 4.42 Å². The number of thiazole rings is 1. The predicted molar refractivity (Wildman–Crippen MR) is 90.5 cm³/mol. The Morgan fingerprint density at radius 1 is 1.33 bits per heavy atom. The normalized spacial score (nSPS) is 18.3. The van der Waals surface area contributed by atoms with Crippen molar-refractivity contribution in [1.82, 2.24) is 14.9 Å². The van der Waals surface area contributed by atoms with Gasteiger partial charge >= 0.3 is 0 Å². The molecule has 1 atom stereocenters. The van der Waals surface area contributed by atoms with Crippen molar-refractivity contribution in [3.63, 3.8) is 0 Å². The minimum atomic E-state index is -0.221. The van der Waals surface area contributed by atoms with Gasteiger partial charge < -0.3 is 4.42 Å². The summed E-state index contributed by atoms with van der Waals surface area (Å²) in [6, 6.07) is 6.61. The summed E-state index contributed by atoms with van der Waals surface area (Å²) in [4.78, 5) is 12.3. The molecular formula is C18H18FN3OS. The van der Waals surface area contributed by atoms with Crippen molar-refractivity contribution in [3.8, 4) is 0 Å². The Balaban J connectivity index is 1.38. The van der Waals surface area contributed by atoms with Crippen LogP contribution in [0.25, 0.3) is 0 Å². The number of halogens is 1. The van der Waals surface area contributed by atoms with Gasteiger partial charge in [0.15, 0.2) is 5.89 Å². The van der Waals surface area contributed by atoms with Crippen molar-refractivity contribution in [2.24, 2.45) is 0 Å². The maximum atomic E-state index is 13.3. The second-order valence-corrected chi connectivity index (χ2v) is 7.13. The molecule has 0 spiro atoms. The first-order valence-electron chi connectivity index (χ1n) is 8.05. The summed E-state index contributed by atoms with van der Waals surface area (Å²) in [5.74, 6) is 1.70. The van der Waals surface area contributed by atoms with E-state index in [1.54, 1.807) is 23.6 Å². The molecule has 1 aliphatic rings. The third kappa shape index (κ3) is 3.55. The highest BCUT2D eigenvalue weighted by atomic mass is 32.1. The molecule has 4 nitrogen and oxygen atoms in total. The average molecular weight is 343 g/mol. The van der Waals surface area contributed by atoms with E-state index in [0.29, 0.717) is 12.3 Å². The molecule has 1 aliphatic heterocycles. The third-order valence-corrected chi connectivity index (χ3v) is 5.09. The standard InChI is InChI=1S/C18H18FN3OS/c19-15-3-1-2-13(6-15)7-16-8-21-18(23-16)14-4-5-22(10-14)11-17-9-20-12-24-17/h1-3,6,8-9,12,14H,4-5,7,10-11H2. The number of hydrogen-bond acceptors (Lipinski definition) is 5. The summed E-state index contributed by atoms with van der Waals surface area (Å²) in [6.45, 7) is 2.94. The Hall–Kier alpha value is -2.05. The molecule has 0 amide bonds. The molecule has 0 N–H and O–H groups in total. The van der Waals surface area contributed by atoms with Crippen molar-refractivity contribution in [2.75, 3.05) is 13.1 Å². The van der Waals surface area contributed by atoms with E-state index in [2.05, 4.69) is 14.9 Å². The number of benzene rings is 1. The average Bonchev–Trinajstić information content (AvgIpc) is 3.29. The molecule has 1 fully saturated rings. The van der Waals surface area contributed by atoms with Gasteiger partial charge in [0.25, 0.3) is 0 Å². The summed E-state index contributed by atoms with van der Waals surface area (Å²) >= 11 is 1.69. The maximum absolute atomic E-state index is 13.3. The molecule has 0 aliphatic carbocycles. The third-order valence-electron chi connectivity index (χ3n) is 4.32. The predicted octanol–water partition coefficient (Wildman–Crippen LogP) is 3.85. The molecule has 2 aromatic heterocycles. The van der Waals surface area contributed by atoms with Crippen LogP contribution >= 0.6 is 11.3 Å². The number of hydrogen-bond donors (Lipinski definition) is 0. The molecule has 0 radical (unpaired) electrons. The Morgan fingerprint density at radius 2 is 2.29 bits per heavy atom. The van der Waals surface area contributed by atoms with Crippen molar-refractivity contribution in [1.29, 1.82) is 0 Å². The number of oxazole rings is 1. The lowest BCUT2D eigenvalue weighted by molar-refractivity contribution is 0.321. The highest BCUT2D eigenvalue weighted by molar-refractivity contribution is 7.09. The number of nitrogens with zero attached hydrogens (tertiary/aromatic N) is 3. The molecule has 124 valence electrons. The minimum absolute atomic E-state index is 0.221. The monoisotopic (exact) mass is 343 g/mol. The van der Waals surface area contributed by atoms with Gasteiger partial charge in [-0.1, -0.05) is 12.1 Å². The van der Waals surface area contributed by atoms with Gasteiger partial charge in [0.05, 0.1) is 11.7 Å². The molecular weight excluding hydrogens is 325 g/mol. The zero-order valence-corrected chi connectivity index (χ0v) is 14.0. The lowest BCUT2D eigenvalue weighted by Gasteiger charge is -2.13. The molecule has 1 unspecified atom stereocenters.